The first kappa shape index (κ1) is 24.8. The highest BCUT2D eigenvalue weighted by molar-refractivity contribution is 6.33. The van der Waals surface area contributed by atoms with Crippen molar-refractivity contribution in [1.29, 1.82) is 0 Å². The Hall–Kier alpha value is -2.45. The van der Waals surface area contributed by atoms with Crippen LogP contribution in [-0.2, 0) is 16.0 Å². The molecule has 0 saturated carbocycles. The van der Waals surface area contributed by atoms with Gasteiger partial charge in [0.2, 0.25) is 5.91 Å². The number of halogens is 5. The van der Waals surface area contributed by atoms with E-state index in [1.807, 2.05) is 0 Å². The van der Waals surface area contributed by atoms with E-state index in [1.54, 1.807) is 6.07 Å². The van der Waals surface area contributed by atoms with Crippen LogP contribution < -0.4 is 10.1 Å². The Morgan fingerprint density at radius 2 is 1.77 bits per heavy atom. The predicted molar refractivity (Wildman–Crippen MR) is 112 cm³/mol. The molecule has 0 aliphatic carbocycles. The molecule has 0 aliphatic heterocycles. The largest absolute Gasteiger partial charge is 0.495 e. The third-order valence-electron chi connectivity index (χ3n) is 4.75. The topological polar surface area (TPSA) is 75.6 Å². The van der Waals surface area contributed by atoms with Gasteiger partial charge in [0.05, 0.1) is 34.7 Å². The van der Waals surface area contributed by atoms with Crippen LogP contribution in [0.2, 0.25) is 10.0 Å². The third-order valence-corrected chi connectivity index (χ3v) is 5.39. The number of ether oxygens (including phenoxy) is 1. The number of amides is 1. The molecular weight excluding hydrogens is 458 g/mol. The minimum absolute atomic E-state index is 0.0710. The fourth-order valence-electron chi connectivity index (χ4n) is 3.01. The van der Waals surface area contributed by atoms with Crippen molar-refractivity contribution in [1.82, 2.24) is 0 Å². The maximum Gasteiger partial charge on any atom is 0.392 e. The highest BCUT2D eigenvalue weighted by atomic mass is 35.5. The summed E-state index contributed by atoms with van der Waals surface area (Å²) >= 11 is 12.1. The lowest BCUT2D eigenvalue weighted by atomic mass is 9.85. The summed E-state index contributed by atoms with van der Waals surface area (Å²) in [6, 6.07) is 8.46. The average Bonchev–Trinajstić information content (AvgIpc) is 2.69. The number of carboxylic acid groups (broad SMARTS) is 1. The highest BCUT2D eigenvalue weighted by Gasteiger charge is 2.45. The van der Waals surface area contributed by atoms with Gasteiger partial charge in [-0.15, -0.1) is 0 Å². The van der Waals surface area contributed by atoms with Gasteiger partial charge < -0.3 is 15.2 Å². The molecule has 2 aromatic carbocycles. The molecular formula is C21H20Cl2F3NO4. The van der Waals surface area contributed by atoms with E-state index in [-0.39, 0.29) is 39.9 Å². The number of carboxylic acids is 1. The number of methoxy groups -OCH3 is 1. The number of aryl methyl sites for hydroxylation is 1. The van der Waals surface area contributed by atoms with Gasteiger partial charge in [-0.25, -0.2) is 0 Å². The fourth-order valence-corrected chi connectivity index (χ4v) is 3.37. The number of hydrogen-bond donors (Lipinski definition) is 2. The van der Waals surface area contributed by atoms with Gasteiger partial charge in [0.15, 0.2) is 0 Å². The van der Waals surface area contributed by atoms with E-state index in [0.717, 1.165) is 6.92 Å². The molecule has 31 heavy (non-hydrogen) atoms. The summed E-state index contributed by atoms with van der Waals surface area (Å²) in [4.78, 5) is 23.7. The minimum atomic E-state index is -4.65. The van der Waals surface area contributed by atoms with Crippen LogP contribution in [0.5, 0.6) is 5.75 Å². The molecule has 2 rings (SSSR count). The van der Waals surface area contributed by atoms with Gasteiger partial charge in [-0.05, 0) is 41.8 Å². The molecule has 2 N–H and O–H groups in total. The first-order valence-electron chi connectivity index (χ1n) is 9.15. The summed E-state index contributed by atoms with van der Waals surface area (Å²) in [6.45, 7) is 0.913. The lowest BCUT2D eigenvalue weighted by Crippen LogP contribution is -2.34. The van der Waals surface area contributed by atoms with Crippen LogP contribution in [0.1, 0.15) is 30.4 Å². The first-order valence-corrected chi connectivity index (χ1v) is 9.90. The summed E-state index contributed by atoms with van der Waals surface area (Å²) < 4.78 is 45.7. The Kier molecular flexibility index (Phi) is 8.20. The number of hydrogen-bond acceptors (Lipinski definition) is 3. The molecule has 0 bridgehead atoms. The summed E-state index contributed by atoms with van der Waals surface area (Å²) in [5.74, 6) is -5.42. The van der Waals surface area contributed by atoms with Gasteiger partial charge in [-0.3, -0.25) is 9.59 Å². The number of aliphatic carboxylic acids is 1. The van der Waals surface area contributed by atoms with Gasteiger partial charge in [-0.2, -0.15) is 13.2 Å². The second kappa shape index (κ2) is 10.2. The van der Waals surface area contributed by atoms with Crippen molar-refractivity contribution in [2.24, 2.45) is 5.92 Å². The van der Waals surface area contributed by atoms with E-state index in [9.17, 15) is 22.8 Å². The van der Waals surface area contributed by atoms with E-state index in [2.05, 4.69) is 5.32 Å². The molecule has 0 spiro atoms. The van der Waals surface area contributed by atoms with Crippen molar-refractivity contribution in [3.05, 3.63) is 57.6 Å². The lowest BCUT2D eigenvalue weighted by Gasteiger charge is -2.26. The van der Waals surface area contributed by atoms with Crippen molar-refractivity contribution in [2.75, 3.05) is 12.4 Å². The van der Waals surface area contributed by atoms with E-state index in [0.29, 0.717) is 5.56 Å². The van der Waals surface area contributed by atoms with E-state index >= 15 is 0 Å². The van der Waals surface area contributed by atoms with Gasteiger partial charge in [0.25, 0.3) is 0 Å². The molecule has 2 unspecified atom stereocenters. The number of carbonyl (C=O) groups is 2. The quantitative estimate of drug-likeness (QED) is 0.493. The zero-order chi connectivity index (χ0) is 23.3. The van der Waals surface area contributed by atoms with Crippen LogP contribution in [0.3, 0.4) is 0 Å². The second-order valence-electron chi connectivity index (χ2n) is 6.90. The SMILES string of the molecule is COc1cc(C(C(=O)Nc2cc(CCC(=O)O)ccc2Cl)C(C)C(F)(F)F)ccc1Cl. The zero-order valence-corrected chi connectivity index (χ0v) is 18.1. The summed E-state index contributed by atoms with van der Waals surface area (Å²) in [5.41, 5.74) is 0.729. The Morgan fingerprint density at radius 1 is 1.13 bits per heavy atom. The van der Waals surface area contributed by atoms with Crippen LogP contribution in [0.15, 0.2) is 36.4 Å². The van der Waals surface area contributed by atoms with Gasteiger partial charge >= 0.3 is 12.1 Å². The highest BCUT2D eigenvalue weighted by Crippen LogP contribution is 2.40. The van der Waals surface area contributed by atoms with Crippen molar-refractivity contribution in [2.45, 2.75) is 31.9 Å². The lowest BCUT2D eigenvalue weighted by molar-refractivity contribution is -0.178. The predicted octanol–water partition coefficient (Wildman–Crippen LogP) is 5.94. The molecule has 0 heterocycles. The number of benzene rings is 2. The van der Waals surface area contributed by atoms with E-state index < -0.39 is 29.9 Å². The minimum Gasteiger partial charge on any atom is -0.495 e. The van der Waals surface area contributed by atoms with Crippen LogP contribution >= 0.6 is 23.2 Å². The standard InChI is InChI=1S/C21H20Cl2F3NO4/c1-11(21(24,25)26)19(13-5-7-15(23)17(10-13)31-2)20(30)27-16-9-12(3-6-14(16)22)4-8-18(28)29/h3,5-7,9-11,19H,4,8H2,1-2H3,(H,27,30)(H,28,29). The smallest absolute Gasteiger partial charge is 0.392 e. The van der Waals surface area contributed by atoms with Crippen molar-refractivity contribution in [3.63, 3.8) is 0 Å². The van der Waals surface area contributed by atoms with Crippen LogP contribution in [0, 0.1) is 5.92 Å². The Bertz CT molecular complexity index is 966. The molecule has 0 fully saturated rings. The van der Waals surface area contributed by atoms with Gasteiger partial charge in [-0.1, -0.05) is 42.3 Å². The van der Waals surface area contributed by atoms with Crippen molar-refractivity contribution < 1.29 is 32.6 Å². The van der Waals surface area contributed by atoms with Crippen molar-refractivity contribution in [3.8, 4) is 5.75 Å². The number of nitrogens with one attached hydrogen (secondary N) is 1. The second-order valence-corrected chi connectivity index (χ2v) is 7.71. The molecule has 1 amide bonds. The molecule has 168 valence electrons. The molecule has 0 saturated heterocycles. The van der Waals surface area contributed by atoms with Crippen LogP contribution in [0.4, 0.5) is 18.9 Å². The monoisotopic (exact) mass is 477 g/mol. The molecule has 0 aliphatic rings. The zero-order valence-electron chi connectivity index (χ0n) is 16.6. The Labute approximate surface area is 187 Å². The molecule has 2 aromatic rings. The number of rotatable bonds is 8. The van der Waals surface area contributed by atoms with Gasteiger partial charge in [0.1, 0.15) is 5.75 Å². The Morgan fingerprint density at radius 3 is 2.35 bits per heavy atom. The van der Waals surface area contributed by atoms with E-state index in [4.69, 9.17) is 33.0 Å². The molecule has 10 heteroatoms. The molecule has 0 aromatic heterocycles. The number of alkyl halides is 3. The molecule has 0 radical (unpaired) electrons. The third kappa shape index (κ3) is 6.51. The first-order chi connectivity index (χ1) is 14.4. The van der Waals surface area contributed by atoms with Gasteiger partial charge in [0, 0.05) is 6.42 Å². The molecule has 5 nitrogen and oxygen atoms in total. The Balaban J connectivity index is 2.40. The number of anilines is 1. The van der Waals surface area contributed by atoms with E-state index in [1.165, 1.54) is 37.4 Å². The number of carbonyl (C=O) groups excluding carboxylic acids is 1. The summed E-state index contributed by atoms with van der Waals surface area (Å²) in [5, 5.41) is 11.6. The summed E-state index contributed by atoms with van der Waals surface area (Å²) in [6.07, 6.45) is -4.62. The normalized spacial score (nSPS) is 13.4. The molecule has 2 atom stereocenters. The summed E-state index contributed by atoms with van der Waals surface area (Å²) in [7, 11) is 1.32. The maximum atomic E-state index is 13.5. The fraction of sp³-hybridized carbons (Fsp3) is 0.333. The average molecular weight is 478 g/mol. The van der Waals surface area contributed by atoms with Crippen LogP contribution in [-0.4, -0.2) is 30.3 Å². The maximum absolute atomic E-state index is 13.5. The van der Waals surface area contributed by atoms with Crippen LogP contribution in [0.25, 0.3) is 0 Å². The van der Waals surface area contributed by atoms with Crippen molar-refractivity contribution >= 4 is 40.8 Å².